The van der Waals surface area contributed by atoms with E-state index >= 15 is 0 Å². The summed E-state index contributed by atoms with van der Waals surface area (Å²) >= 11 is 0. The third-order valence-corrected chi connectivity index (χ3v) is 3.63. The fourth-order valence-electron chi connectivity index (χ4n) is 2.54. The lowest BCUT2D eigenvalue weighted by molar-refractivity contribution is 0.298. The highest BCUT2D eigenvalue weighted by Gasteiger charge is 2.14. The van der Waals surface area contributed by atoms with Crippen molar-refractivity contribution < 1.29 is 9.84 Å². The van der Waals surface area contributed by atoms with Gasteiger partial charge in [-0.05, 0) is 50.6 Å². The maximum atomic E-state index is 9.55. The number of hydrogen-bond donors (Lipinski definition) is 2. The molecule has 0 saturated carbocycles. The molecule has 1 aliphatic heterocycles. The first-order valence-corrected chi connectivity index (χ1v) is 7.00. The van der Waals surface area contributed by atoms with Gasteiger partial charge in [0.25, 0.3) is 0 Å². The fourth-order valence-corrected chi connectivity index (χ4v) is 2.54. The van der Waals surface area contributed by atoms with Crippen molar-refractivity contribution in [1.82, 2.24) is 10.2 Å². The number of rotatable bonds is 6. The molecule has 0 radical (unpaired) electrons. The minimum atomic E-state index is 0.191. The van der Waals surface area contributed by atoms with Crippen LogP contribution in [0, 0.1) is 0 Å². The van der Waals surface area contributed by atoms with Crippen molar-refractivity contribution in [2.24, 2.45) is 0 Å². The first kappa shape index (κ1) is 14.2. The normalized spacial score (nSPS) is 17.6. The van der Waals surface area contributed by atoms with Crippen LogP contribution in [0.1, 0.15) is 25.3 Å². The lowest BCUT2D eigenvalue weighted by atomic mass is 10.2. The number of hydrogen-bond acceptors (Lipinski definition) is 4. The topological polar surface area (TPSA) is 44.7 Å². The summed E-state index contributed by atoms with van der Waals surface area (Å²) in [6.07, 6.45) is 2.67. The Morgan fingerprint density at radius 3 is 2.79 bits per heavy atom. The molecule has 1 aliphatic rings. The Balaban J connectivity index is 1.80. The smallest absolute Gasteiger partial charge is 0.160 e. The van der Waals surface area contributed by atoms with E-state index in [1.54, 1.807) is 13.2 Å². The second-order valence-electron chi connectivity index (χ2n) is 5.30. The first-order chi connectivity index (χ1) is 9.19. The average molecular weight is 264 g/mol. The summed E-state index contributed by atoms with van der Waals surface area (Å²) in [7, 11) is 1.57. The van der Waals surface area contributed by atoms with Crippen molar-refractivity contribution in [3.05, 3.63) is 23.8 Å². The number of nitrogens with zero attached hydrogens (tertiary/aromatic N) is 1. The highest BCUT2D eigenvalue weighted by Crippen LogP contribution is 2.26. The van der Waals surface area contributed by atoms with Gasteiger partial charge in [-0.25, -0.2) is 0 Å². The quantitative estimate of drug-likeness (QED) is 0.824. The predicted octanol–water partition coefficient (Wildman–Crippen LogP) is 1.97. The van der Waals surface area contributed by atoms with E-state index in [4.69, 9.17) is 4.74 Å². The molecule has 19 heavy (non-hydrogen) atoms. The van der Waals surface area contributed by atoms with Gasteiger partial charge in [-0.2, -0.15) is 0 Å². The van der Waals surface area contributed by atoms with Gasteiger partial charge in [0.1, 0.15) is 0 Å². The van der Waals surface area contributed by atoms with Crippen LogP contribution in [0.25, 0.3) is 0 Å². The second-order valence-corrected chi connectivity index (χ2v) is 5.30. The van der Waals surface area contributed by atoms with Crippen molar-refractivity contribution in [3.63, 3.8) is 0 Å². The van der Waals surface area contributed by atoms with Crippen LogP contribution >= 0.6 is 0 Å². The van der Waals surface area contributed by atoms with Crippen LogP contribution in [-0.2, 0) is 6.54 Å². The van der Waals surface area contributed by atoms with Gasteiger partial charge in [0.05, 0.1) is 7.11 Å². The highest BCUT2D eigenvalue weighted by atomic mass is 16.5. The number of ether oxygens (including phenoxy) is 1. The Bertz CT molecular complexity index is 403. The monoisotopic (exact) mass is 264 g/mol. The summed E-state index contributed by atoms with van der Waals surface area (Å²) in [5.41, 5.74) is 1.13. The summed E-state index contributed by atoms with van der Waals surface area (Å²) in [4.78, 5) is 2.51. The van der Waals surface area contributed by atoms with Gasteiger partial charge < -0.3 is 20.1 Å². The first-order valence-electron chi connectivity index (χ1n) is 7.00. The predicted molar refractivity (Wildman–Crippen MR) is 76.6 cm³/mol. The summed E-state index contributed by atoms with van der Waals surface area (Å²) in [5.74, 6) is 0.725. The molecule has 1 unspecified atom stereocenters. The zero-order valence-corrected chi connectivity index (χ0v) is 11.9. The van der Waals surface area contributed by atoms with Gasteiger partial charge in [-0.15, -0.1) is 0 Å². The van der Waals surface area contributed by atoms with Gasteiger partial charge in [0.2, 0.25) is 0 Å². The largest absolute Gasteiger partial charge is 0.504 e. The molecule has 1 heterocycles. The molecular weight excluding hydrogens is 240 g/mol. The standard InChI is InChI=1S/C15H24N2O2/c1-12(11-17-7-3-4-8-17)16-10-13-5-6-14(18)15(9-13)19-2/h5-6,9,12,16,18H,3-4,7-8,10-11H2,1-2H3. The van der Waals surface area contributed by atoms with E-state index < -0.39 is 0 Å². The maximum absolute atomic E-state index is 9.55. The lowest BCUT2D eigenvalue weighted by Crippen LogP contribution is -2.37. The summed E-state index contributed by atoms with van der Waals surface area (Å²) < 4.78 is 5.11. The van der Waals surface area contributed by atoms with Crippen LogP contribution in [0.4, 0.5) is 0 Å². The Kier molecular flexibility index (Phi) is 5.05. The molecular formula is C15H24N2O2. The van der Waals surface area contributed by atoms with Gasteiger partial charge in [0.15, 0.2) is 11.5 Å². The van der Waals surface area contributed by atoms with Crippen LogP contribution < -0.4 is 10.1 Å². The molecule has 4 heteroatoms. The fraction of sp³-hybridized carbons (Fsp3) is 0.600. The number of aromatic hydroxyl groups is 1. The number of likely N-dealkylation sites (tertiary alicyclic amines) is 1. The summed E-state index contributed by atoms with van der Waals surface area (Å²) in [6.45, 7) is 6.59. The van der Waals surface area contributed by atoms with E-state index in [0.717, 1.165) is 18.7 Å². The number of phenolic OH excluding ortho intramolecular Hbond substituents is 1. The molecule has 0 bridgehead atoms. The Labute approximate surface area is 115 Å². The Hall–Kier alpha value is -1.26. The number of nitrogens with one attached hydrogen (secondary N) is 1. The van der Waals surface area contributed by atoms with Gasteiger partial charge in [-0.3, -0.25) is 0 Å². The lowest BCUT2D eigenvalue weighted by Gasteiger charge is -2.21. The molecule has 2 rings (SSSR count). The number of benzene rings is 1. The molecule has 0 aliphatic carbocycles. The van der Waals surface area contributed by atoms with E-state index in [-0.39, 0.29) is 5.75 Å². The third-order valence-electron chi connectivity index (χ3n) is 3.63. The van der Waals surface area contributed by atoms with Crippen LogP contribution in [-0.4, -0.2) is 42.8 Å². The van der Waals surface area contributed by atoms with E-state index in [1.165, 1.54) is 25.9 Å². The molecule has 4 nitrogen and oxygen atoms in total. The molecule has 2 N–H and O–H groups in total. The number of phenols is 1. The molecule has 1 aromatic carbocycles. The van der Waals surface area contributed by atoms with E-state index in [9.17, 15) is 5.11 Å². The summed E-state index contributed by atoms with van der Waals surface area (Å²) in [5, 5.41) is 13.1. The van der Waals surface area contributed by atoms with Crippen LogP contribution in [0.15, 0.2) is 18.2 Å². The van der Waals surface area contributed by atoms with Crippen molar-refractivity contribution >= 4 is 0 Å². The van der Waals surface area contributed by atoms with E-state index in [0.29, 0.717) is 11.8 Å². The maximum Gasteiger partial charge on any atom is 0.160 e. The highest BCUT2D eigenvalue weighted by molar-refractivity contribution is 5.41. The van der Waals surface area contributed by atoms with Crippen molar-refractivity contribution in [3.8, 4) is 11.5 Å². The molecule has 0 aromatic heterocycles. The SMILES string of the molecule is COc1cc(CNC(C)CN2CCCC2)ccc1O. The third kappa shape index (κ3) is 4.11. The van der Waals surface area contributed by atoms with Crippen molar-refractivity contribution in [1.29, 1.82) is 0 Å². The average Bonchev–Trinajstić information content (AvgIpc) is 2.90. The molecule has 1 fully saturated rings. The van der Waals surface area contributed by atoms with Crippen LogP contribution in [0.3, 0.4) is 0 Å². The molecule has 1 atom stereocenters. The molecule has 1 aromatic rings. The minimum Gasteiger partial charge on any atom is -0.504 e. The van der Waals surface area contributed by atoms with Gasteiger partial charge in [0, 0.05) is 19.1 Å². The van der Waals surface area contributed by atoms with Crippen molar-refractivity contribution in [2.75, 3.05) is 26.7 Å². The molecule has 1 saturated heterocycles. The van der Waals surface area contributed by atoms with Crippen molar-refractivity contribution in [2.45, 2.75) is 32.4 Å². The zero-order chi connectivity index (χ0) is 13.7. The van der Waals surface area contributed by atoms with E-state index in [2.05, 4.69) is 17.1 Å². The molecule has 106 valence electrons. The van der Waals surface area contributed by atoms with E-state index in [1.807, 2.05) is 12.1 Å². The van der Waals surface area contributed by atoms with Crippen LogP contribution in [0.5, 0.6) is 11.5 Å². The molecule has 0 spiro atoms. The minimum absolute atomic E-state index is 0.191. The summed E-state index contributed by atoms with van der Waals surface area (Å²) in [6, 6.07) is 5.96. The Morgan fingerprint density at radius 2 is 2.11 bits per heavy atom. The van der Waals surface area contributed by atoms with Crippen LogP contribution in [0.2, 0.25) is 0 Å². The molecule has 0 amide bonds. The second kappa shape index (κ2) is 6.78. The number of methoxy groups -OCH3 is 1. The zero-order valence-electron chi connectivity index (χ0n) is 11.9. The van der Waals surface area contributed by atoms with Gasteiger partial charge >= 0.3 is 0 Å². The van der Waals surface area contributed by atoms with Gasteiger partial charge in [-0.1, -0.05) is 6.07 Å². The Morgan fingerprint density at radius 1 is 1.37 bits per heavy atom.